The summed E-state index contributed by atoms with van der Waals surface area (Å²) >= 11 is 0. The fourth-order valence-electron chi connectivity index (χ4n) is 1.59. The molecule has 1 aromatic heterocycles. The third-order valence-corrected chi connectivity index (χ3v) is 2.45. The van der Waals surface area contributed by atoms with Crippen LogP contribution in [0, 0.1) is 0 Å². The SMILES string of the molecule is CNc1ccc2cc(OC)c(OC)cc2n1. The molecule has 2 rings (SSSR count). The number of rotatable bonds is 3. The summed E-state index contributed by atoms with van der Waals surface area (Å²) in [6.45, 7) is 0. The molecule has 1 aromatic carbocycles. The van der Waals surface area contributed by atoms with Crippen molar-refractivity contribution in [2.24, 2.45) is 0 Å². The van der Waals surface area contributed by atoms with Gasteiger partial charge in [0.05, 0.1) is 19.7 Å². The van der Waals surface area contributed by atoms with Gasteiger partial charge in [0.1, 0.15) is 5.82 Å². The molecule has 0 fully saturated rings. The average Bonchev–Trinajstić information content (AvgIpc) is 2.36. The van der Waals surface area contributed by atoms with E-state index >= 15 is 0 Å². The molecule has 0 bridgehead atoms. The van der Waals surface area contributed by atoms with E-state index in [0.29, 0.717) is 11.5 Å². The van der Waals surface area contributed by atoms with Crippen molar-refractivity contribution in [3.63, 3.8) is 0 Å². The summed E-state index contributed by atoms with van der Waals surface area (Å²) < 4.78 is 10.5. The first kappa shape index (κ1) is 10.5. The molecule has 1 N–H and O–H groups in total. The number of methoxy groups -OCH3 is 2. The number of nitrogens with one attached hydrogen (secondary N) is 1. The molecule has 0 spiro atoms. The largest absolute Gasteiger partial charge is 0.493 e. The van der Waals surface area contributed by atoms with Crippen LogP contribution < -0.4 is 14.8 Å². The molecule has 0 amide bonds. The standard InChI is InChI=1S/C12H14N2O2/c1-13-12-5-4-8-6-10(15-2)11(16-3)7-9(8)14-12/h4-7H,1-3H3,(H,13,14). The minimum absolute atomic E-state index is 0.691. The molecule has 0 radical (unpaired) electrons. The number of aromatic nitrogens is 1. The van der Waals surface area contributed by atoms with Gasteiger partial charge in [0.25, 0.3) is 0 Å². The van der Waals surface area contributed by atoms with Crippen LogP contribution in [0.1, 0.15) is 0 Å². The van der Waals surface area contributed by atoms with Crippen LogP contribution in [-0.4, -0.2) is 26.3 Å². The average molecular weight is 218 g/mol. The molecule has 16 heavy (non-hydrogen) atoms. The van der Waals surface area contributed by atoms with Crippen molar-refractivity contribution in [3.8, 4) is 11.5 Å². The van der Waals surface area contributed by atoms with Crippen molar-refractivity contribution in [1.29, 1.82) is 0 Å². The van der Waals surface area contributed by atoms with E-state index in [-0.39, 0.29) is 0 Å². The first-order valence-corrected chi connectivity index (χ1v) is 4.99. The normalized spacial score (nSPS) is 10.2. The quantitative estimate of drug-likeness (QED) is 0.858. The van der Waals surface area contributed by atoms with Crippen molar-refractivity contribution in [1.82, 2.24) is 4.98 Å². The molecular formula is C12H14N2O2. The molecule has 4 nitrogen and oxygen atoms in total. The van der Waals surface area contributed by atoms with Gasteiger partial charge in [-0.25, -0.2) is 4.98 Å². The number of hydrogen-bond acceptors (Lipinski definition) is 4. The lowest BCUT2D eigenvalue weighted by atomic mass is 10.2. The Morgan fingerprint density at radius 1 is 1.06 bits per heavy atom. The summed E-state index contributed by atoms with van der Waals surface area (Å²) in [6.07, 6.45) is 0. The van der Waals surface area contributed by atoms with Crippen LogP contribution in [0.25, 0.3) is 10.9 Å². The number of ether oxygens (including phenoxy) is 2. The van der Waals surface area contributed by atoms with E-state index in [4.69, 9.17) is 9.47 Å². The van der Waals surface area contributed by atoms with Crippen LogP contribution in [0.3, 0.4) is 0 Å². The Kier molecular flexibility index (Phi) is 2.81. The molecular weight excluding hydrogens is 204 g/mol. The van der Waals surface area contributed by atoms with Crippen LogP contribution in [-0.2, 0) is 0 Å². The summed E-state index contributed by atoms with van der Waals surface area (Å²) in [7, 11) is 5.08. The van der Waals surface area contributed by atoms with Crippen LogP contribution in [0.4, 0.5) is 5.82 Å². The maximum Gasteiger partial charge on any atom is 0.162 e. The fourth-order valence-corrected chi connectivity index (χ4v) is 1.59. The summed E-state index contributed by atoms with van der Waals surface area (Å²) in [4.78, 5) is 4.43. The highest BCUT2D eigenvalue weighted by atomic mass is 16.5. The second-order valence-corrected chi connectivity index (χ2v) is 3.35. The zero-order valence-corrected chi connectivity index (χ0v) is 9.57. The Hall–Kier alpha value is -1.97. The van der Waals surface area contributed by atoms with Gasteiger partial charge >= 0.3 is 0 Å². The Morgan fingerprint density at radius 2 is 1.75 bits per heavy atom. The highest BCUT2D eigenvalue weighted by molar-refractivity contribution is 5.84. The van der Waals surface area contributed by atoms with Crippen LogP contribution in [0.15, 0.2) is 24.3 Å². The Morgan fingerprint density at radius 3 is 2.38 bits per heavy atom. The lowest BCUT2D eigenvalue weighted by Gasteiger charge is -2.09. The summed E-state index contributed by atoms with van der Waals surface area (Å²) in [5.41, 5.74) is 0.879. The minimum atomic E-state index is 0.691. The van der Waals surface area contributed by atoms with Gasteiger partial charge in [0, 0.05) is 18.5 Å². The van der Waals surface area contributed by atoms with Crippen LogP contribution in [0.5, 0.6) is 11.5 Å². The molecule has 0 saturated carbocycles. The summed E-state index contributed by atoms with van der Waals surface area (Å²) in [6, 6.07) is 7.71. The van der Waals surface area contributed by atoms with E-state index < -0.39 is 0 Å². The maximum atomic E-state index is 5.23. The van der Waals surface area contributed by atoms with Gasteiger partial charge in [-0.2, -0.15) is 0 Å². The zero-order valence-electron chi connectivity index (χ0n) is 9.57. The van der Waals surface area contributed by atoms with Gasteiger partial charge in [0.15, 0.2) is 11.5 Å². The third kappa shape index (κ3) is 1.74. The van der Waals surface area contributed by atoms with Crippen molar-refractivity contribution in [2.75, 3.05) is 26.6 Å². The first-order valence-electron chi connectivity index (χ1n) is 4.99. The Balaban J connectivity index is 2.63. The summed E-state index contributed by atoms with van der Waals surface area (Å²) in [5, 5.41) is 4.03. The smallest absolute Gasteiger partial charge is 0.162 e. The van der Waals surface area contributed by atoms with Gasteiger partial charge < -0.3 is 14.8 Å². The monoisotopic (exact) mass is 218 g/mol. The number of anilines is 1. The molecule has 0 aliphatic carbocycles. The second-order valence-electron chi connectivity index (χ2n) is 3.35. The highest BCUT2D eigenvalue weighted by Crippen LogP contribution is 2.31. The number of pyridine rings is 1. The van der Waals surface area contributed by atoms with Crippen molar-refractivity contribution in [2.45, 2.75) is 0 Å². The predicted molar refractivity (Wildman–Crippen MR) is 64.4 cm³/mol. The molecule has 84 valence electrons. The van der Waals surface area contributed by atoms with E-state index in [1.807, 2.05) is 31.3 Å². The number of hydrogen-bond donors (Lipinski definition) is 1. The van der Waals surface area contributed by atoms with Crippen LogP contribution >= 0.6 is 0 Å². The van der Waals surface area contributed by atoms with E-state index in [2.05, 4.69) is 10.3 Å². The predicted octanol–water partition coefficient (Wildman–Crippen LogP) is 2.29. The van der Waals surface area contributed by atoms with Crippen LogP contribution in [0.2, 0.25) is 0 Å². The van der Waals surface area contributed by atoms with E-state index in [0.717, 1.165) is 16.7 Å². The first-order chi connectivity index (χ1) is 7.78. The molecule has 0 unspecified atom stereocenters. The van der Waals surface area contributed by atoms with Gasteiger partial charge in [-0.3, -0.25) is 0 Å². The Bertz CT molecular complexity index is 512. The maximum absolute atomic E-state index is 5.23. The van der Waals surface area contributed by atoms with E-state index in [9.17, 15) is 0 Å². The minimum Gasteiger partial charge on any atom is -0.493 e. The lowest BCUT2D eigenvalue weighted by molar-refractivity contribution is 0.356. The summed E-state index contributed by atoms with van der Waals surface area (Å²) in [5.74, 6) is 2.24. The molecule has 1 heterocycles. The van der Waals surface area contributed by atoms with E-state index in [1.165, 1.54) is 0 Å². The molecule has 0 aliphatic heterocycles. The van der Waals surface area contributed by atoms with Gasteiger partial charge in [-0.15, -0.1) is 0 Å². The zero-order chi connectivity index (χ0) is 11.5. The van der Waals surface area contributed by atoms with Crippen molar-refractivity contribution < 1.29 is 9.47 Å². The van der Waals surface area contributed by atoms with Crippen molar-refractivity contribution >= 4 is 16.7 Å². The van der Waals surface area contributed by atoms with Gasteiger partial charge in [0.2, 0.25) is 0 Å². The fraction of sp³-hybridized carbons (Fsp3) is 0.250. The lowest BCUT2D eigenvalue weighted by Crippen LogP contribution is -1.94. The molecule has 0 aliphatic rings. The Labute approximate surface area is 94.2 Å². The topological polar surface area (TPSA) is 43.4 Å². The number of fused-ring (bicyclic) bond motifs is 1. The third-order valence-electron chi connectivity index (χ3n) is 2.45. The number of nitrogens with zero attached hydrogens (tertiary/aromatic N) is 1. The molecule has 4 heteroatoms. The van der Waals surface area contributed by atoms with E-state index in [1.54, 1.807) is 14.2 Å². The molecule has 2 aromatic rings. The second kappa shape index (κ2) is 4.26. The van der Waals surface area contributed by atoms with Gasteiger partial charge in [-0.05, 0) is 18.2 Å². The molecule has 0 atom stereocenters. The highest BCUT2D eigenvalue weighted by Gasteiger charge is 2.06. The van der Waals surface area contributed by atoms with Gasteiger partial charge in [-0.1, -0.05) is 0 Å². The molecule has 0 saturated heterocycles. The van der Waals surface area contributed by atoms with Crippen molar-refractivity contribution in [3.05, 3.63) is 24.3 Å². The number of benzene rings is 1.